The molecule has 4 nitrogen and oxygen atoms in total. The Balaban J connectivity index is 2.36. The highest BCUT2D eigenvalue weighted by Crippen LogP contribution is 2.31. The van der Waals surface area contributed by atoms with E-state index in [9.17, 15) is 0 Å². The zero-order chi connectivity index (χ0) is 15.0. The second-order valence-electron chi connectivity index (χ2n) is 4.82. The highest BCUT2D eigenvalue weighted by atomic mass is 32.1. The van der Waals surface area contributed by atoms with Crippen LogP contribution in [0, 0.1) is 11.7 Å². The van der Waals surface area contributed by atoms with Gasteiger partial charge in [-0.1, -0.05) is 6.07 Å². The van der Waals surface area contributed by atoms with E-state index >= 15 is 0 Å². The van der Waals surface area contributed by atoms with Crippen LogP contribution in [0.5, 0.6) is 11.5 Å². The van der Waals surface area contributed by atoms with Crippen molar-refractivity contribution in [3.8, 4) is 17.2 Å². The minimum atomic E-state index is 0.627. The zero-order valence-corrected chi connectivity index (χ0v) is 13.0. The number of hydrogen-bond donors (Lipinski definition) is 1. The van der Waals surface area contributed by atoms with Gasteiger partial charge in [0.1, 0.15) is 11.5 Å². The van der Waals surface area contributed by atoms with Crippen LogP contribution in [-0.2, 0) is 0 Å². The Morgan fingerprint density at radius 2 is 1.86 bits per heavy atom. The molecular formula is C16H16N2O2S. The fraction of sp³-hybridized carbons (Fsp3) is 0.188. The number of nitrogens with one attached hydrogen (secondary N) is 1. The van der Waals surface area contributed by atoms with Crippen LogP contribution in [0.15, 0.2) is 36.4 Å². The minimum absolute atomic E-state index is 0.627. The van der Waals surface area contributed by atoms with E-state index in [1.165, 1.54) is 5.56 Å². The number of H-pyrrole nitrogens is 1. The number of rotatable bonds is 3. The van der Waals surface area contributed by atoms with Gasteiger partial charge >= 0.3 is 0 Å². The third-order valence-corrected chi connectivity index (χ3v) is 3.75. The van der Waals surface area contributed by atoms with Crippen LogP contribution in [0.25, 0.3) is 16.7 Å². The highest BCUT2D eigenvalue weighted by molar-refractivity contribution is 7.71. The summed E-state index contributed by atoms with van der Waals surface area (Å²) >= 11 is 5.48. The molecule has 0 amide bonds. The third-order valence-electron chi connectivity index (χ3n) is 3.47. The van der Waals surface area contributed by atoms with Crippen molar-refractivity contribution in [3.63, 3.8) is 0 Å². The largest absolute Gasteiger partial charge is 0.497 e. The summed E-state index contributed by atoms with van der Waals surface area (Å²) in [7, 11) is 3.29. The maximum absolute atomic E-state index is 5.48. The number of aromatic amines is 1. The number of fused-ring (bicyclic) bond motifs is 1. The van der Waals surface area contributed by atoms with Crippen molar-refractivity contribution >= 4 is 23.3 Å². The predicted octanol–water partition coefficient (Wildman–Crippen LogP) is 4.01. The zero-order valence-electron chi connectivity index (χ0n) is 12.1. The van der Waals surface area contributed by atoms with E-state index in [2.05, 4.69) is 24.0 Å². The number of aromatic nitrogens is 2. The molecule has 3 aromatic rings. The molecule has 1 heterocycles. The molecule has 0 aliphatic heterocycles. The maximum Gasteiger partial charge on any atom is 0.182 e. The van der Waals surface area contributed by atoms with Gasteiger partial charge in [0, 0.05) is 6.07 Å². The molecule has 21 heavy (non-hydrogen) atoms. The molecule has 0 aliphatic rings. The summed E-state index contributed by atoms with van der Waals surface area (Å²) in [6.45, 7) is 2.06. The van der Waals surface area contributed by atoms with Crippen LogP contribution >= 0.6 is 12.2 Å². The van der Waals surface area contributed by atoms with Crippen LogP contribution in [0.4, 0.5) is 0 Å². The lowest BCUT2D eigenvalue weighted by atomic mass is 10.2. The molecule has 0 atom stereocenters. The number of aryl methyl sites for hydroxylation is 1. The van der Waals surface area contributed by atoms with Crippen molar-refractivity contribution in [3.05, 3.63) is 46.7 Å². The number of hydrogen-bond acceptors (Lipinski definition) is 3. The van der Waals surface area contributed by atoms with Crippen LogP contribution < -0.4 is 9.47 Å². The average molecular weight is 300 g/mol. The summed E-state index contributed by atoms with van der Waals surface area (Å²) < 4.78 is 13.4. The first-order chi connectivity index (χ1) is 10.1. The summed E-state index contributed by atoms with van der Waals surface area (Å²) in [6.07, 6.45) is 0. The fourth-order valence-electron chi connectivity index (χ4n) is 2.42. The molecule has 1 aromatic heterocycles. The number of ether oxygens (including phenoxy) is 2. The second-order valence-corrected chi connectivity index (χ2v) is 5.21. The van der Waals surface area contributed by atoms with E-state index in [1.807, 2.05) is 28.8 Å². The van der Waals surface area contributed by atoms with Crippen molar-refractivity contribution in [2.75, 3.05) is 14.2 Å². The lowest BCUT2D eigenvalue weighted by Gasteiger charge is -2.12. The predicted molar refractivity (Wildman–Crippen MR) is 86.3 cm³/mol. The molecule has 0 spiro atoms. The Labute approximate surface area is 127 Å². The summed E-state index contributed by atoms with van der Waals surface area (Å²) in [4.78, 5) is 3.22. The van der Waals surface area contributed by atoms with Crippen molar-refractivity contribution in [2.24, 2.45) is 0 Å². The highest BCUT2D eigenvalue weighted by Gasteiger charge is 2.12. The van der Waals surface area contributed by atoms with Gasteiger partial charge in [0.15, 0.2) is 4.77 Å². The summed E-state index contributed by atoms with van der Waals surface area (Å²) in [5.74, 6) is 1.50. The van der Waals surface area contributed by atoms with Gasteiger partial charge in [-0.2, -0.15) is 0 Å². The lowest BCUT2D eigenvalue weighted by molar-refractivity contribution is 0.401. The van der Waals surface area contributed by atoms with Crippen molar-refractivity contribution in [1.29, 1.82) is 0 Å². The molecule has 0 fully saturated rings. The van der Waals surface area contributed by atoms with Crippen LogP contribution in [0.1, 0.15) is 5.56 Å². The Morgan fingerprint density at radius 3 is 2.57 bits per heavy atom. The minimum Gasteiger partial charge on any atom is -0.497 e. The molecule has 0 saturated heterocycles. The first-order valence-corrected chi connectivity index (χ1v) is 6.98. The van der Waals surface area contributed by atoms with E-state index in [0.29, 0.717) is 4.77 Å². The maximum atomic E-state index is 5.48. The second kappa shape index (κ2) is 5.26. The molecule has 2 aromatic carbocycles. The van der Waals surface area contributed by atoms with E-state index in [0.717, 1.165) is 28.2 Å². The third kappa shape index (κ3) is 2.29. The number of methoxy groups -OCH3 is 2. The average Bonchev–Trinajstić information content (AvgIpc) is 2.81. The van der Waals surface area contributed by atoms with Gasteiger partial charge in [-0.05, 0) is 49.0 Å². The Hall–Kier alpha value is -2.27. The number of nitrogens with zero attached hydrogens (tertiary/aromatic N) is 1. The Morgan fingerprint density at radius 1 is 1.05 bits per heavy atom. The van der Waals surface area contributed by atoms with Crippen LogP contribution in [0.2, 0.25) is 0 Å². The first-order valence-electron chi connectivity index (χ1n) is 6.58. The van der Waals surface area contributed by atoms with E-state index in [1.54, 1.807) is 14.2 Å². The van der Waals surface area contributed by atoms with E-state index in [4.69, 9.17) is 21.7 Å². The molecule has 3 rings (SSSR count). The SMILES string of the molecule is COc1ccc(OC)c(-n2c(=S)[nH]c3ccc(C)cc32)c1. The topological polar surface area (TPSA) is 39.2 Å². The van der Waals surface area contributed by atoms with Crippen LogP contribution in [0.3, 0.4) is 0 Å². The van der Waals surface area contributed by atoms with Gasteiger partial charge in [-0.25, -0.2) is 0 Å². The van der Waals surface area contributed by atoms with Crippen molar-refractivity contribution < 1.29 is 9.47 Å². The van der Waals surface area contributed by atoms with Gasteiger partial charge in [-0.3, -0.25) is 4.57 Å². The first kappa shape index (κ1) is 13.7. The van der Waals surface area contributed by atoms with Gasteiger partial charge in [0.05, 0.1) is 30.9 Å². The normalized spacial score (nSPS) is 10.8. The summed E-state index contributed by atoms with van der Waals surface area (Å²) in [5, 5.41) is 0. The molecule has 0 unspecified atom stereocenters. The quantitative estimate of drug-likeness (QED) is 0.743. The number of imidazole rings is 1. The molecular weight excluding hydrogens is 284 g/mol. The van der Waals surface area contributed by atoms with Crippen molar-refractivity contribution in [2.45, 2.75) is 6.92 Å². The molecule has 0 aliphatic carbocycles. The van der Waals surface area contributed by atoms with Gasteiger partial charge in [-0.15, -0.1) is 0 Å². The molecule has 1 N–H and O–H groups in total. The molecule has 0 bridgehead atoms. The Bertz CT molecular complexity index is 864. The fourth-order valence-corrected chi connectivity index (χ4v) is 2.73. The molecule has 0 radical (unpaired) electrons. The van der Waals surface area contributed by atoms with Crippen molar-refractivity contribution in [1.82, 2.24) is 9.55 Å². The van der Waals surface area contributed by atoms with E-state index in [-0.39, 0.29) is 0 Å². The van der Waals surface area contributed by atoms with Crippen LogP contribution in [-0.4, -0.2) is 23.8 Å². The summed E-state index contributed by atoms with van der Waals surface area (Å²) in [6, 6.07) is 11.9. The molecule has 0 saturated carbocycles. The lowest BCUT2D eigenvalue weighted by Crippen LogP contribution is -1.99. The van der Waals surface area contributed by atoms with Gasteiger partial charge in [0.25, 0.3) is 0 Å². The van der Waals surface area contributed by atoms with E-state index < -0.39 is 0 Å². The molecule has 108 valence electrons. The monoisotopic (exact) mass is 300 g/mol. The number of benzene rings is 2. The Kier molecular flexibility index (Phi) is 3.43. The standard InChI is InChI=1S/C16H16N2O2S/c1-10-4-6-12-13(8-10)18(16(21)17-12)14-9-11(19-2)5-7-15(14)20-3/h4-9H,1-3H3,(H,17,21). The van der Waals surface area contributed by atoms with Gasteiger partial charge in [0.2, 0.25) is 0 Å². The van der Waals surface area contributed by atoms with Gasteiger partial charge < -0.3 is 14.5 Å². The smallest absolute Gasteiger partial charge is 0.182 e. The molecule has 5 heteroatoms. The summed E-state index contributed by atoms with van der Waals surface area (Å²) in [5.41, 5.74) is 4.05.